The lowest BCUT2D eigenvalue weighted by Crippen LogP contribution is -2.43. The molecular weight excluding hydrogens is 240 g/mol. The molecule has 0 bridgehead atoms. The summed E-state index contributed by atoms with van der Waals surface area (Å²) in [5.74, 6) is 0.0758. The van der Waals surface area contributed by atoms with Crippen LogP contribution < -0.4 is 5.32 Å². The summed E-state index contributed by atoms with van der Waals surface area (Å²) >= 11 is 0. The second kappa shape index (κ2) is 6.19. The number of hydrogen-bond donors (Lipinski definition) is 1. The van der Waals surface area contributed by atoms with Crippen molar-refractivity contribution in [3.63, 3.8) is 0 Å². The van der Waals surface area contributed by atoms with Crippen molar-refractivity contribution in [3.8, 4) is 0 Å². The molecule has 1 aliphatic rings. The van der Waals surface area contributed by atoms with Crippen LogP contribution in [-0.4, -0.2) is 46.3 Å². The second-order valence-electron chi connectivity index (χ2n) is 5.32. The standard InChI is InChI=1S/C14H24N4O/c1-4-15-11-5-7-12(8-6-11)17(2)14(19)13-9-10-16-18(13)3/h9-12,15H,4-8H2,1-3H3. The number of aryl methyl sites for hydroxylation is 1. The number of rotatable bonds is 4. The Morgan fingerprint density at radius 3 is 2.68 bits per heavy atom. The third kappa shape index (κ3) is 3.15. The Balaban J connectivity index is 1.92. The van der Waals surface area contributed by atoms with E-state index in [-0.39, 0.29) is 5.91 Å². The lowest BCUT2D eigenvalue weighted by molar-refractivity contribution is 0.0673. The zero-order valence-corrected chi connectivity index (χ0v) is 12.1. The fraction of sp³-hybridized carbons (Fsp3) is 0.714. The number of carbonyl (C=O) groups is 1. The van der Waals surface area contributed by atoms with E-state index in [1.54, 1.807) is 16.9 Å². The average Bonchev–Trinajstić information content (AvgIpc) is 2.84. The molecule has 1 N–H and O–H groups in total. The highest BCUT2D eigenvalue weighted by atomic mass is 16.2. The van der Waals surface area contributed by atoms with Crippen molar-refractivity contribution >= 4 is 5.91 Å². The van der Waals surface area contributed by atoms with Crippen LogP contribution >= 0.6 is 0 Å². The van der Waals surface area contributed by atoms with Crippen LogP contribution in [0.2, 0.25) is 0 Å². The summed E-state index contributed by atoms with van der Waals surface area (Å²) in [5, 5.41) is 7.55. The van der Waals surface area contributed by atoms with Crippen molar-refractivity contribution < 1.29 is 4.79 Å². The van der Waals surface area contributed by atoms with Crippen molar-refractivity contribution in [3.05, 3.63) is 18.0 Å². The number of aromatic nitrogens is 2. The molecule has 1 amide bonds. The van der Waals surface area contributed by atoms with Crippen LogP contribution in [0.15, 0.2) is 12.3 Å². The van der Waals surface area contributed by atoms with E-state index >= 15 is 0 Å². The van der Waals surface area contributed by atoms with Gasteiger partial charge in [-0.2, -0.15) is 5.10 Å². The van der Waals surface area contributed by atoms with E-state index in [1.807, 2.05) is 19.0 Å². The topological polar surface area (TPSA) is 50.2 Å². The van der Waals surface area contributed by atoms with Gasteiger partial charge in [0.15, 0.2) is 0 Å². The molecule has 0 saturated heterocycles. The van der Waals surface area contributed by atoms with Crippen LogP contribution in [-0.2, 0) is 7.05 Å². The molecule has 0 aromatic carbocycles. The maximum atomic E-state index is 12.4. The van der Waals surface area contributed by atoms with Gasteiger partial charge in [0.25, 0.3) is 5.91 Å². The highest BCUT2D eigenvalue weighted by Crippen LogP contribution is 2.23. The number of nitrogens with one attached hydrogen (secondary N) is 1. The van der Waals surface area contributed by atoms with Crippen LogP contribution in [0.4, 0.5) is 0 Å². The Morgan fingerprint density at radius 1 is 1.47 bits per heavy atom. The molecule has 1 fully saturated rings. The maximum Gasteiger partial charge on any atom is 0.272 e. The Hall–Kier alpha value is -1.36. The fourth-order valence-electron chi connectivity index (χ4n) is 2.89. The molecule has 1 aliphatic carbocycles. The van der Waals surface area contributed by atoms with Gasteiger partial charge in [0.2, 0.25) is 0 Å². The van der Waals surface area contributed by atoms with Crippen LogP contribution in [0.1, 0.15) is 43.1 Å². The molecule has 1 aromatic rings. The van der Waals surface area contributed by atoms with Crippen LogP contribution in [0.25, 0.3) is 0 Å². The summed E-state index contributed by atoms with van der Waals surface area (Å²) in [5.41, 5.74) is 0.663. The molecule has 19 heavy (non-hydrogen) atoms. The lowest BCUT2D eigenvalue weighted by atomic mass is 9.90. The van der Waals surface area contributed by atoms with Gasteiger partial charge in [0, 0.05) is 32.4 Å². The van der Waals surface area contributed by atoms with Gasteiger partial charge in [-0.15, -0.1) is 0 Å². The van der Waals surface area contributed by atoms with Crippen LogP contribution in [0.5, 0.6) is 0 Å². The zero-order chi connectivity index (χ0) is 13.8. The zero-order valence-electron chi connectivity index (χ0n) is 12.1. The SMILES string of the molecule is CCNC1CCC(N(C)C(=O)c2ccnn2C)CC1. The largest absolute Gasteiger partial charge is 0.337 e. The number of hydrogen-bond acceptors (Lipinski definition) is 3. The first-order chi connectivity index (χ1) is 9.13. The molecule has 0 radical (unpaired) electrons. The molecule has 5 heteroatoms. The predicted molar refractivity (Wildman–Crippen MR) is 75.0 cm³/mol. The number of nitrogens with zero attached hydrogens (tertiary/aromatic N) is 3. The molecule has 1 aromatic heterocycles. The van der Waals surface area contributed by atoms with Gasteiger partial charge in [-0.25, -0.2) is 0 Å². The van der Waals surface area contributed by atoms with E-state index in [0.29, 0.717) is 17.8 Å². The normalized spacial score (nSPS) is 23.3. The van der Waals surface area contributed by atoms with Gasteiger partial charge >= 0.3 is 0 Å². The summed E-state index contributed by atoms with van der Waals surface area (Å²) in [4.78, 5) is 14.3. The second-order valence-corrected chi connectivity index (χ2v) is 5.32. The van der Waals surface area contributed by atoms with Crippen molar-refractivity contribution in [2.75, 3.05) is 13.6 Å². The smallest absolute Gasteiger partial charge is 0.272 e. The van der Waals surface area contributed by atoms with Crippen molar-refractivity contribution in [1.29, 1.82) is 0 Å². The Morgan fingerprint density at radius 2 is 2.16 bits per heavy atom. The van der Waals surface area contributed by atoms with Crippen molar-refractivity contribution in [1.82, 2.24) is 20.0 Å². The van der Waals surface area contributed by atoms with Gasteiger partial charge < -0.3 is 10.2 Å². The molecule has 5 nitrogen and oxygen atoms in total. The molecular formula is C14H24N4O. The van der Waals surface area contributed by atoms with E-state index in [1.165, 1.54) is 0 Å². The Kier molecular flexibility index (Phi) is 4.58. The van der Waals surface area contributed by atoms with Crippen LogP contribution in [0.3, 0.4) is 0 Å². The molecule has 1 saturated carbocycles. The molecule has 2 rings (SSSR count). The molecule has 0 unspecified atom stereocenters. The number of amides is 1. The van der Waals surface area contributed by atoms with Gasteiger partial charge in [-0.3, -0.25) is 9.48 Å². The maximum absolute atomic E-state index is 12.4. The fourth-order valence-corrected chi connectivity index (χ4v) is 2.89. The minimum Gasteiger partial charge on any atom is -0.337 e. The molecule has 0 spiro atoms. The highest BCUT2D eigenvalue weighted by Gasteiger charge is 2.27. The van der Waals surface area contributed by atoms with E-state index in [9.17, 15) is 4.79 Å². The quantitative estimate of drug-likeness (QED) is 0.894. The van der Waals surface area contributed by atoms with E-state index < -0.39 is 0 Å². The van der Waals surface area contributed by atoms with Crippen molar-refractivity contribution in [2.45, 2.75) is 44.7 Å². The summed E-state index contributed by atoms with van der Waals surface area (Å²) in [6.07, 6.45) is 6.14. The first-order valence-electron chi connectivity index (χ1n) is 7.12. The van der Waals surface area contributed by atoms with Gasteiger partial charge in [-0.05, 0) is 38.3 Å². The highest BCUT2D eigenvalue weighted by molar-refractivity contribution is 5.92. The Bertz CT molecular complexity index is 421. The summed E-state index contributed by atoms with van der Waals surface area (Å²) in [7, 11) is 3.72. The minimum absolute atomic E-state index is 0.0758. The third-order valence-corrected chi connectivity index (χ3v) is 4.10. The monoisotopic (exact) mass is 264 g/mol. The lowest BCUT2D eigenvalue weighted by Gasteiger charge is -2.34. The Labute approximate surface area is 115 Å². The summed E-state index contributed by atoms with van der Waals surface area (Å²) in [6, 6.07) is 2.77. The molecule has 0 atom stereocenters. The summed E-state index contributed by atoms with van der Waals surface area (Å²) < 4.78 is 1.64. The van der Waals surface area contributed by atoms with Crippen LogP contribution in [0, 0.1) is 0 Å². The van der Waals surface area contributed by atoms with Gasteiger partial charge in [-0.1, -0.05) is 6.92 Å². The van der Waals surface area contributed by atoms with E-state index in [0.717, 1.165) is 32.2 Å². The number of carbonyl (C=O) groups excluding carboxylic acids is 1. The predicted octanol–water partition coefficient (Wildman–Crippen LogP) is 1.41. The summed E-state index contributed by atoms with van der Waals surface area (Å²) in [6.45, 7) is 3.17. The minimum atomic E-state index is 0.0758. The molecule has 1 heterocycles. The first-order valence-corrected chi connectivity index (χ1v) is 7.12. The van der Waals surface area contributed by atoms with Crippen molar-refractivity contribution in [2.24, 2.45) is 7.05 Å². The molecule has 0 aliphatic heterocycles. The van der Waals surface area contributed by atoms with E-state index in [4.69, 9.17) is 0 Å². The molecule has 106 valence electrons. The first kappa shape index (κ1) is 14.1. The van der Waals surface area contributed by atoms with Gasteiger partial charge in [0.05, 0.1) is 0 Å². The average molecular weight is 264 g/mol. The van der Waals surface area contributed by atoms with E-state index in [2.05, 4.69) is 17.3 Å². The van der Waals surface area contributed by atoms with Gasteiger partial charge in [0.1, 0.15) is 5.69 Å². The third-order valence-electron chi connectivity index (χ3n) is 4.10.